The lowest BCUT2D eigenvalue weighted by atomic mass is 9.82. The summed E-state index contributed by atoms with van der Waals surface area (Å²) in [6, 6.07) is 12.5. The summed E-state index contributed by atoms with van der Waals surface area (Å²) in [6.45, 7) is 8.15. The second-order valence-electron chi connectivity index (χ2n) is 5.96. The largest absolute Gasteiger partial charge is 0.135 e. The van der Waals surface area contributed by atoms with Gasteiger partial charge in [-0.25, -0.2) is 0 Å². The van der Waals surface area contributed by atoms with Crippen LogP contribution in [0.25, 0.3) is 20.2 Å². The smallest absolute Gasteiger partial charge is 0.0395 e. The average molecular weight is 270 g/mol. The molecule has 0 aliphatic heterocycles. The molecule has 19 heavy (non-hydrogen) atoms. The van der Waals surface area contributed by atoms with Crippen LogP contribution in [0.4, 0.5) is 0 Å². The molecule has 3 rings (SSSR count). The van der Waals surface area contributed by atoms with Crippen molar-refractivity contribution in [2.24, 2.45) is 0 Å². The Morgan fingerprint density at radius 1 is 1.05 bits per heavy atom. The van der Waals surface area contributed by atoms with Crippen molar-refractivity contribution in [3.63, 3.8) is 0 Å². The maximum atomic E-state index is 8.17. The Labute approximate surface area is 121 Å². The second-order valence-corrected chi connectivity index (χ2v) is 7.02. The minimum absolute atomic E-state index is 0.0842. The Morgan fingerprint density at radius 2 is 1.79 bits per heavy atom. The lowest BCUT2D eigenvalue weighted by Gasteiger charge is -2.23. The molecule has 0 N–H and O–H groups in total. The summed E-state index contributed by atoms with van der Waals surface area (Å²) in [4.78, 5) is 0. The van der Waals surface area contributed by atoms with Gasteiger partial charge in [0.25, 0.3) is 0 Å². The van der Waals surface area contributed by atoms with Crippen LogP contribution < -0.4 is 0 Å². The summed E-state index contributed by atoms with van der Waals surface area (Å²) in [5.74, 6) is 0. The van der Waals surface area contributed by atoms with Crippen LogP contribution in [0.2, 0.25) is 0 Å². The molecule has 0 bridgehead atoms. The summed E-state index contributed by atoms with van der Waals surface area (Å²) in [5.41, 5.74) is 1.88. The van der Waals surface area contributed by atoms with E-state index in [4.69, 9.17) is 2.74 Å². The van der Waals surface area contributed by atoms with Gasteiger partial charge in [0.15, 0.2) is 0 Å². The van der Waals surface area contributed by atoms with Gasteiger partial charge < -0.3 is 0 Å². The van der Waals surface area contributed by atoms with E-state index in [-0.39, 0.29) is 5.41 Å². The van der Waals surface area contributed by atoms with E-state index >= 15 is 0 Å². The van der Waals surface area contributed by atoms with Crippen molar-refractivity contribution in [1.82, 2.24) is 0 Å². The Bertz CT molecular complexity index is 817. The standard InChI is InChI=1S/C18H20S/c1-5-12-10-11-14-13-8-6-7-9-15(13)19-17(14)16(12)18(2,3)4/h6-11H,5H2,1-4H3/i5D2. The van der Waals surface area contributed by atoms with Crippen LogP contribution in [-0.2, 0) is 11.8 Å². The van der Waals surface area contributed by atoms with Crippen molar-refractivity contribution in [3.05, 3.63) is 47.5 Å². The van der Waals surface area contributed by atoms with Crippen molar-refractivity contribution < 1.29 is 2.74 Å². The Morgan fingerprint density at radius 3 is 2.47 bits per heavy atom. The number of hydrogen-bond acceptors (Lipinski definition) is 1. The van der Waals surface area contributed by atoms with Crippen LogP contribution in [0.1, 0.15) is 41.6 Å². The fourth-order valence-electron chi connectivity index (χ4n) is 2.74. The number of thiophene rings is 1. The topological polar surface area (TPSA) is 0 Å². The van der Waals surface area contributed by atoms with Gasteiger partial charge in [0.1, 0.15) is 0 Å². The molecule has 0 saturated heterocycles. The van der Waals surface area contributed by atoms with Gasteiger partial charge in [-0.15, -0.1) is 11.3 Å². The minimum Gasteiger partial charge on any atom is -0.135 e. The van der Waals surface area contributed by atoms with E-state index < -0.39 is 6.37 Å². The molecular weight excluding hydrogens is 248 g/mol. The zero-order valence-electron chi connectivity index (χ0n) is 13.9. The molecule has 0 spiro atoms. The number of hydrogen-bond donors (Lipinski definition) is 0. The molecule has 0 atom stereocenters. The zero-order chi connectivity index (χ0) is 15.4. The summed E-state index contributed by atoms with van der Waals surface area (Å²) < 4.78 is 18.8. The van der Waals surface area contributed by atoms with Crippen molar-refractivity contribution in [1.29, 1.82) is 0 Å². The first-order valence-electron chi connectivity index (χ1n) is 7.65. The van der Waals surface area contributed by atoms with Crippen LogP contribution in [-0.4, -0.2) is 0 Å². The van der Waals surface area contributed by atoms with E-state index in [9.17, 15) is 0 Å². The number of fused-ring (bicyclic) bond motifs is 3. The van der Waals surface area contributed by atoms with Crippen LogP contribution in [0, 0.1) is 0 Å². The SMILES string of the molecule is [2H]C([2H])(C)c1ccc2c(sc3ccccc32)c1C(C)(C)C. The van der Waals surface area contributed by atoms with E-state index in [1.165, 1.54) is 20.2 Å². The summed E-state index contributed by atoms with van der Waals surface area (Å²) in [7, 11) is 0. The third kappa shape index (κ3) is 1.97. The predicted octanol–water partition coefficient (Wildman–Crippen LogP) is 5.91. The Balaban J connectivity index is 2.50. The van der Waals surface area contributed by atoms with Gasteiger partial charge in [-0.3, -0.25) is 0 Å². The fraction of sp³-hybridized carbons (Fsp3) is 0.333. The van der Waals surface area contributed by atoms with Crippen LogP contribution in [0.3, 0.4) is 0 Å². The highest BCUT2D eigenvalue weighted by molar-refractivity contribution is 7.26. The zero-order valence-corrected chi connectivity index (χ0v) is 12.7. The first-order valence-corrected chi connectivity index (χ1v) is 7.46. The van der Waals surface area contributed by atoms with Crippen LogP contribution in [0.5, 0.6) is 0 Å². The van der Waals surface area contributed by atoms with E-state index in [2.05, 4.69) is 51.1 Å². The van der Waals surface area contributed by atoms with Crippen molar-refractivity contribution >= 4 is 31.5 Å². The quantitative estimate of drug-likeness (QED) is 0.515. The van der Waals surface area contributed by atoms with Gasteiger partial charge in [0.2, 0.25) is 0 Å². The molecule has 3 aromatic rings. The number of rotatable bonds is 1. The average Bonchev–Trinajstić information content (AvgIpc) is 2.73. The summed E-state index contributed by atoms with van der Waals surface area (Å²) >= 11 is 1.78. The molecule has 2 aromatic carbocycles. The normalized spacial score (nSPS) is 14.7. The van der Waals surface area contributed by atoms with Gasteiger partial charge in [0, 0.05) is 22.9 Å². The van der Waals surface area contributed by atoms with Gasteiger partial charge in [-0.1, -0.05) is 58.0 Å². The molecule has 98 valence electrons. The third-order valence-electron chi connectivity index (χ3n) is 3.57. The summed E-state index contributed by atoms with van der Waals surface area (Å²) in [5, 5.41) is 2.51. The molecule has 1 heterocycles. The highest BCUT2D eigenvalue weighted by Gasteiger charge is 2.22. The highest BCUT2D eigenvalue weighted by atomic mass is 32.1. The van der Waals surface area contributed by atoms with Crippen molar-refractivity contribution in [2.45, 2.75) is 39.5 Å². The highest BCUT2D eigenvalue weighted by Crippen LogP contribution is 2.41. The Kier molecular flexibility index (Phi) is 2.39. The molecule has 0 aliphatic carbocycles. The minimum atomic E-state index is -1.33. The number of benzene rings is 2. The van der Waals surface area contributed by atoms with Gasteiger partial charge in [0.05, 0.1) is 0 Å². The Hall–Kier alpha value is -1.34. The van der Waals surface area contributed by atoms with Gasteiger partial charge >= 0.3 is 0 Å². The van der Waals surface area contributed by atoms with E-state index in [1.807, 2.05) is 6.07 Å². The van der Waals surface area contributed by atoms with Gasteiger partial charge in [-0.2, -0.15) is 0 Å². The molecule has 0 aliphatic rings. The first-order chi connectivity index (χ1) is 9.69. The maximum absolute atomic E-state index is 8.17. The molecule has 0 saturated carbocycles. The van der Waals surface area contributed by atoms with E-state index in [1.54, 1.807) is 18.3 Å². The van der Waals surface area contributed by atoms with Gasteiger partial charge in [-0.05, 0) is 29.0 Å². The van der Waals surface area contributed by atoms with Crippen molar-refractivity contribution in [3.8, 4) is 0 Å². The third-order valence-corrected chi connectivity index (χ3v) is 4.77. The monoisotopic (exact) mass is 270 g/mol. The number of aryl methyl sites for hydroxylation is 1. The molecule has 1 heteroatoms. The van der Waals surface area contributed by atoms with Crippen molar-refractivity contribution in [2.75, 3.05) is 0 Å². The van der Waals surface area contributed by atoms with Crippen LogP contribution in [0.15, 0.2) is 36.4 Å². The fourth-order valence-corrected chi connectivity index (χ4v) is 4.20. The van der Waals surface area contributed by atoms with E-state index in [0.717, 1.165) is 11.1 Å². The molecule has 0 radical (unpaired) electrons. The maximum Gasteiger partial charge on any atom is 0.0395 e. The van der Waals surface area contributed by atoms with E-state index in [0.29, 0.717) is 0 Å². The molecule has 1 aromatic heterocycles. The lowest BCUT2D eigenvalue weighted by Crippen LogP contribution is -2.14. The summed E-state index contributed by atoms with van der Waals surface area (Å²) in [6.07, 6.45) is -1.33. The van der Waals surface area contributed by atoms with Crippen LogP contribution >= 0.6 is 11.3 Å². The predicted molar refractivity (Wildman–Crippen MR) is 87.4 cm³/mol. The molecule has 0 unspecified atom stereocenters. The molecule has 0 nitrogen and oxygen atoms in total. The molecular formula is C18H20S. The lowest BCUT2D eigenvalue weighted by molar-refractivity contribution is 0.590. The molecule has 0 fully saturated rings. The second kappa shape index (κ2) is 4.35. The molecule has 0 amide bonds. The first kappa shape index (κ1) is 10.4.